The van der Waals surface area contributed by atoms with Crippen LogP contribution in [-0.2, 0) is 0 Å². The lowest BCUT2D eigenvalue weighted by molar-refractivity contribution is -0.0489. The Balaban J connectivity index is 2.65. The average Bonchev–Trinajstić information content (AvgIpc) is 2.23. The summed E-state index contributed by atoms with van der Waals surface area (Å²) in [5.41, 5.74) is 6.11. The first-order chi connectivity index (χ1) is 7.59. The van der Waals surface area contributed by atoms with Crippen molar-refractivity contribution in [1.29, 1.82) is 0 Å². The van der Waals surface area contributed by atoms with Crippen LogP contribution in [-0.4, -0.2) is 11.6 Å². The molecule has 2 rings (SSSR count). The van der Waals surface area contributed by atoms with Gasteiger partial charge < -0.3 is 10.5 Å². The van der Waals surface area contributed by atoms with Crippen LogP contribution in [0.2, 0.25) is 5.02 Å². The summed E-state index contributed by atoms with van der Waals surface area (Å²) in [6, 6.07) is 4.58. The second kappa shape index (κ2) is 4.09. The first-order valence-corrected chi connectivity index (χ1v) is 4.75. The van der Waals surface area contributed by atoms with Gasteiger partial charge in [0.25, 0.3) is 0 Å². The number of aromatic nitrogens is 1. The molecule has 6 heteroatoms. The summed E-state index contributed by atoms with van der Waals surface area (Å²) in [5.74, 6) is -0.0191. The molecular formula is C10H7ClF2N2O. The summed E-state index contributed by atoms with van der Waals surface area (Å²) in [6.45, 7) is -2.90. The molecule has 0 saturated carbocycles. The quantitative estimate of drug-likeness (QED) is 0.883. The molecule has 3 nitrogen and oxygen atoms in total. The molecule has 16 heavy (non-hydrogen) atoms. The molecule has 0 atom stereocenters. The Morgan fingerprint density at radius 3 is 2.81 bits per heavy atom. The van der Waals surface area contributed by atoms with E-state index in [1.165, 1.54) is 12.3 Å². The largest absolute Gasteiger partial charge is 0.432 e. The van der Waals surface area contributed by atoms with E-state index in [4.69, 9.17) is 17.3 Å². The van der Waals surface area contributed by atoms with Crippen LogP contribution in [0.5, 0.6) is 5.75 Å². The Morgan fingerprint density at radius 1 is 1.38 bits per heavy atom. The second-order valence-corrected chi connectivity index (χ2v) is 3.44. The van der Waals surface area contributed by atoms with Crippen molar-refractivity contribution < 1.29 is 13.5 Å². The van der Waals surface area contributed by atoms with Crippen LogP contribution in [0.15, 0.2) is 24.4 Å². The number of nitrogens with zero attached hydrogens (tertiary/aromatic N) is 1. The maximum Gasteiger partial charge on any atom is 0.387 e. The Morgan fingerprint density at radius 2 is 2.12 bits per heavy atom. The molecule has 0 aliphatic heterocycles. The van der Waals surface area contributed by atoms with Crippen LogP contribution in [0.4, 0.5) is 14.5 Å². The zero-order chi connectivity index (χ0) is 11.7. The highest BCUT2D eigenvalue weighted by molar-refractivity contribution is 6.37. The number of fused-ring (bicyclic) bond motifs is 1. The number of pyridine rings is 1. The fraction of sp³-hybridized carbons (Fsp3) is 0.100. The smallest absolute Gasteiger partial charge is 0.387 e. The van der Waals surface area contributed by atoms with Crippen molar-refractivity contribution in [2.75, 3.05) is 5.73 Å². The fourth-order valence-corrected chi connectivity index (χ4v) is 1.57. The van der Waals surface area contributed by atoms with Crippen LogP contribution >= 0.6 is 11.6 Å². The topological polar surface area (TPSA) is 48.1 Å². The van der Waals surface area contributed by atoms with E-state index in [9.17, 15) is 8.78 Å². The third-order valence-corrected chi connectivity index (χ3v) is 2.46. The normalized spacial score (nSPS) is 11.0. The van der Waals surface area contributed by atoms with E-state index in [1.807, 2.05) is 0 Å². The van der Waals surface area contributed by atoms with Crippen molar-refractivity contribution in [3.63, 3.8) is 0 Å². The van der Waals surface area contributed by atoms with Gasteiger partial charge in [0.05, 0.1) is 16.9 Å². The third kappa shape index (κ3) is 1.86. The number of benzene rings is 1. The second-order valence-electron chi connectivity index (χ2n) is 3.06. The molecule has 2 aromatic rings. The van der Waals surface area contributed by atoms with E-state index in [-0.39, 0.29) is 16.3 Å². The van der Waals surface area contributed by atoms with E-state index < -0.39 is 6.61 Å². The SMILES string of the molecule is Nc1cnc2c(OC(F)F)cccc2c1Cl. The number of ether oxygens (including phenoxy) is 1. The van der Waals surface area contributed by atoms with Gasteiger partial charge in [0.2, 0.25) is 0 Å². The summed E-state index contributed by atoms with van der Waals surface area (Å²) in [7, 11) is 0. The van der Waals surface area contributed by atoms with Crippen molar-refractivity contribution in [1.82, 2.24) is 4.98 Å². The van der Waals surface area contributed by atoms with Crippen LogP contribution in [0.1, 0.15) is 0 Å². The van der Waals surface area contributed by atoms with E-state index in [1.54, 1.807) is 12.1 Å². The number of nitrogen functional groups attached to an aromatic ring is 1. The standard InChI is InChI=1S/C10H7ClF2N2O/c11-8-5-2-1-3-7(16-10(12)13)9(5)15-4-6(8)14/h1-4,10H,14H2. The summed E-state index contributed by atoms with van der Waals surface area (Å²) < 4.78 is 28.6. The Kier molecular flexibility index (Phi) is 2.78. The molecule has 1 aromatic heterocycles. The molecule has 1 heterocycles. The molecule has 0 aliphatic carbocycles. The molecule has 0 spiro atoms. The van der Waals surface area contributed by atoms with Crippen LogP contribution < -0.4 is 10.5 Å². The van der Waals surface area contributed by atoms with Crippen LogP contribution in [0.3, 0.4) is 0 Å². The molecule has 0 aliphatic rings. The highest BCUT2D eigenvalue weighted by Crippen LogP contribution is 2.32. The average molecular weight is 245 g/mol. The first-order valence-electron chi connectivity index (χ1n) is 4.37. The number of alkyl halides is 2. The fourth-order valence-electron chi connectivity index (χ4n) is 1.37. The van der Waals surface area contributed by atoms with E-state index >= 15 is 0 Å². The number of halogens is 3. The number of hydrogen-bond acceptors (Lipinski definition) is 3. The molecule has 84 valence electrons. The van der Waals surface area contributed by atoms with Gasteiger partial charge in [-0.25, -0.2) is 0 Å². The minimum Gasteiger partial charge on any atom is -0.432 e. The van der Waals surface area contributed by atoms with Crippen molar-refractivity contribution in [3.8, 4) is 5.75 Å². The van der Waals surface area contributed by atoms with Crippen molar-refractivity contribution in [2.24, 2.45) is 0 Å². The molecule has 0 saturated heterocycles. The predicted octanol–water partition coefficient (Wildman–Crippen LogP) is 3.07. The summed E-state index contributed by atoms with van der Waals surface area (Å²) >= 11 is 5.93. The van der Waals surface area contributed by atoms with Crippen LogP contribution in [0.25, 0.3) is 10.9 Å². The van der Waals surface area contributed by atoms with E-state index in [2.05, 4.69) is 9.72 Å². The van der Waals surface area contributed by atoms with Crippen molar-refractivity contribution in [3.05, 3.63) is 29.4 Å². The Bertz CT molecular complexity index is 533. The maximum atomic E-state index is 12.1. The molecular weight excluding hydrogens is 238 g/mol. The lowest BCUT2D eigenvalue weighted by atomic mass is 10.2. The highest BCUT2D eigenvalue weighted by atomic mass is 35.5. The van der Waals surface area contributed by atoms with Gasteiger partial charge in [-0.15, -0.1) is 0 Å². The number of rotatable bonds is 2. The van der Waals surface area contributed by atoms with Gasteiger partial charge in [0.15, 0.2) is 5.75 Å². The summed E-state index contributed by atoms with van der Waals surface area (Å²) in [4.78, 5) is 3.93. The van der Waals surface area contributed by atoms with Gasteiger partial charge in [-0.1, -0.05) is 23.7 Å². The third-order valence-electron chi connectivity index (χ3n) is 2.04. The van der Waals surface area contributed by atoms with E-state index in [0.29, 0.717) is 11.1 Å². The molecule has 2 N–H and O–H groups in total. The molecule has 1 aromatic carbocycles. The van der Waals surface area contributed by atoms with Crippen molar-refractivity contribution in [2.45, 2.75) is 6.61 Å². The predicted molar refractivity (Wildman–Crippen MR) is 57.8 cm³/mol. The number of hydrogen-bond donors (Lipinski definition) is 1. The minimum atomic E-state index is -2.90. The van der Waals surface area contributed by atoms with Gasteiger partial charge in [-0.05, 0) is 6.07 Å². The molecule has 0 bridgehead atoms. The molecule has 0 unspecified atom stereocenters. The molecule has 0 amide bonds. The van der Waals surface area contributed by atoms with Crippen molar-refractivity contribution >= 4 is 28.2 Å². The number of anilines is 1. The van der Waals surface area contributed by atoms with Gasteiger partial charge in [0.1, 0.15) is 5.52 Å². The van der Waals surface area contributed by atoms with Crippen LogP contribution in [0, 0.1) is 0 Å². The van der Waals surface area contributed by atoms with Gasteiger partial charge >= 0.3 is 6.61 Å². The molecule has 0 fully saturated rings. The highest BCUT2D eigenvalue weighted by Gasteiger charge is 2.12. The maximum absolute atomic E-state index is 12.1. The summed E-state index contributed by atoms with van der Waals surface area (Å²) in [6.07, 6.45) is 1.31. The first kappa shape index (κ1) is 10.9. The van der Waals surface area contributed by atoms with E-state index in [0.717, 1.165) is 0 Å². The minimum absolute atomic E-state index is 0.0191. The lowest BCUT2D eigenvalue weighted by Gasteiger charge is -2.08. The zero-order valence-electron chi connectivity index (χ0n) is 7.95. The monoisotopic (exact) mass is 244 g/mol. The number of nitrogens with two attached hydrogens (primary N) is 1. The van der Waals surface area contributed by atoms with Gasteiger partial charge in [-0.3, -0.25) is 4.98 Å². The molecule has 0 radical (unpaired) electrons. The van der Waals surface area contributed by atoms with Gasteiger partial charge in [0, 0.05) is 5.39 Å². The summed E-state index contributed by atoms with van der Waals surface area (Å²) in [5, 5.41) is 0.768. The lowest BCUT2D eigenvalue weighted by Crippen LogP contribution is -2.03. The Labute approximate surface area is 94.8 Å². The van der Waals surface area contributed by atoms with Gasteiger partial charge in [-0.2, -0.15) is 8.78 Å². The number of para-hydroxylation sites is 1. The Hall–Kier alpha value is -1.62. The zero-order valence-corrected chi connectivity index (χ0v) is 8.71.